The zero-order valence-corrected chi connectivity index (χ0v) is 37.7. The third kappa shape index (κ3) is 8.04. The molecule has 7 aromatic carbocycles. The maximum atomic E-state index is 14.4. The fourth-order valence-corrected chi connectivity index (χ4v) is 11.1. The number of aromatic nitrogens is 5. The number of nitrogens with one attached hydrogen (secondary N) is 3. The van der Waals surface area contributed by atoms with Gasteiger partial charge in [0.15, 0.2) is 39.5 Å². The van der Waals surface area contributed by atoms with Crippen molar-refractivity contribution >= 4 is 98.3 Å². The number of benzene rings is 7. The van der Waals surface area contributed by atoms with Crippen LogP contribution >= 0.6 is 11.8 Å². The number of hydrogen-bond donors (Lipinski definition) is 3. The number of pyridine rings is 1. The Labute approximate surface area is 385 Å². The van der Waals surface area contributed by atoms with Crippen LogP contribution in [0.25, 0.3) is 43.7 Å². The molecular formula is C46H34N8O10S3. The highest BCUT2D eigenvalue weighted by atomic mass is 32.2. The van der Waals surface area contributed by atoms with E-state index in [2.05, 4.69) is 40.4 Å². The third-order valence-corrected chi connectivity index (χ3v) is 14.4. The van der Waals surface area contributed by atoms with Gasteiger partial charge in [-0.05, 0) is 98.8 Å². The van der Waals surface area contributed by atoms with Crippen molar-refractivity contribution in [1.29, 1.82) is 0 Å². The minimum Gasteiger partial charge on any atom is -0.493 e. The smallest absolute Gasteiger partial charge is 0.266 e. The van der Waals surface area contributed by atoms with Crippen LogP contribution in [0.2, 0.25) is 0 Å². The molecule has 10 rings (SSSR count). The molecule has 0 aliphatic carbocycles. The molecule has 336 valence electrons. The number of sulfonamides is 2. The van der Waals surface area contributed by atoms with E-state index in [9.17, 15) is 16.8 Å². The zero-order chi connectivity index (χ0) is 46.3. The SMILES string of the molecule is COc1cccc(NS(=O)(=O)c2c(Nc3cccc(OC)c3Oc3cc(Sc4ccc(S(=O)(=O)Nc5cccc6ccccc56)c5nonc45)c4ncccc4c3)ccc3nonc23)c1OC. The Hall–Kier alpha value is -8.14. The molecule has 0 aliphatic rings. The van der Waals surface area contributed by atoms with Gasteiger partial charge in [0.25, 0.3) is 20.0 Å². The number of ether oxygens (including phenoxy) is 4. The minimum absolute atomic E-state index is 0.0333. The Kier molecular flexibility index (Phi) is 11.1. The van der Waals surface area contributed by atoms with E-state index < -0.39 is 20.0 Å². The second-order valence-electron chi connectivity index (χ2n) is 14.5. The fourth-order valence-electron chi connectivity index (χ4n) is 7.53. The molecule has 10 aromatic rings. The zero-order valence-electron chi connectivity index (χ0n) is 35.2. The third-order valence-electron chi connectivity index (χ3n) is 10.5. The Morgan fingerprint density at radius 1 is 0.537 bits per heavy atom. The lowest BCUT2D eigenvalue weighted by Gasteiger charge is -2.19. The van der Waals surface area contributed by atoms with Gasteiger partial charge in [-0.2, -0.15) is 0 Å². The quantitative estimate of drug-likeness (QED) is 0.0867. The van der Waals surface area contributed by atoms with Crippen LogP contribution in [0.1, 0.15) is 0 Å². The molecule has 3 aromatic heterocycles. The summed E-state index contributed by atoms with van der Waals surface area (Å²) in [7, 11) is -4.31. The van der Waals surface area contributed by atoms with Gasteiger partial charge in [0, 0.05) is 26.8 Å². The number of methoxy groups -OCH3 is 3. The van der Waals surface area contributed by atoms with Crippen molar-refractivity contribution in [2.75, 3.05) is 36.1 Å². The highest BCUT2D eigenvalue weighted by molar-refractivity contribution is 7.99. The Morgan fingerprint density at radius 2 is 1.22 bits per heavy atom. The summed E-state index contributed by atoms with van der Waals surface area (Å²) in [6, 6.07) is 36.1. The van der Waals surface area contributed by atoms with Gasteiger partial charge in [0.05, 0.1) is 49.6 Å². The molecule has 0 saturated carbocycles. The number of hydrogen-bond acceptors (Lipinski definition) is 17. The molecule has 0 aliphatic heterocycles. The van der Waals surface area contributed by atoms with Gasteiger partial charge in [0.1, 0.15) is 21.1 Å². The molecule has 3 heterocycles. The number of fused-ring (bicyclic) bond motifs is 4. The van der Waals surface area contributed by atoms with E-state index in [1.165, 1.54) is 51.3 Å². The topological polar surface area (TPSA) is 232 Å². The van der Waals surface area contributed by atoms with Crippen molar-refractivity contribution in [3.63, 3.8) is 0 Å². The Morgan fingerprint density at radius 3 is 2.04 bits per heavy atom. The molecule has 0 spiro atoms. The Bertz CT molecular complexity index is 3770. The van der Waals surface area contributed by atoms with E-state index in [0.29, 0.717) is 49.3 Å². The van der Waals surface area contributed by atoms with Crippen LogP contribution in [0.3, 0.4) is 0 Å². The van der Waals surface area contributed by atoms with Crippen molar-refractivity contribution in [2.24, 2.45) is 0 Å². The van der Waals surface area contributed by atoms with E-state index >= 15 is 0 Å². The lowest BCUT2D eigenvalue weighted by molar-refractivity contribution is 0.314. The molecule has 21 heteroatoms. The van der Waals surface area contributed by atoms with E-state index in [4.69, 9.17) is 28.2 Å². The molecule has 0 amide bonds. The summed E-state index contributed by atoms with van der Waals surface area (Å²) in [5, 5.41) is 21.5. The maximum absolute atomic E-state index is 14.4. The number of para-hydroxylation sites is 2. The van der Waals surface area contributed by atoms with Crippen LogP contribution in [0.4, 0.5) is 22.7 Å². The normalized spacial score (nSPS) is 11.8. The average molecular weight is 955 g/mol. The predicted molar refractivity (Wildman–Crippen MR) is 251 cm³/mol. The molecule has 0 unspecified atom stereocenters. The minimum atomic E-state index is -4.46. The number of rotatable bonds is 15. The number of anilines is 4. The average Bonchev–Trinajstić information content (AvgIpc) is 4.03. The van der Waals surface area contributed by atoms with Crippen molar-refractivity contribution in [3.05, 3.63) is 134 Å². The highest BCUT2D eigenvalue weighted by Crippen LogP contribution is 2.46. The largest absolute Gasteiger partial charge is 0.493 e. The van der Waals surface area contributed by atoms with Gasteiger partial charge in [0.2, 0.25) is 0 Å². The van der Waals surface area contributed by atoms with Gasteiger partial charge >= 0.3 is 0 Å². The standard InChI is InChI=1S/C46H34N8O10S3/c1-59-35-17-8-16-33(44(35)61-3)54-67(57,58)46-34(20-19-31-41(46)50-63-49-31)48-32-15-7-18-36(60-2)45(32)62-28-24-27-12-9-23-47-40(27)38(25-28)65-37-21-22-39(43-42(37)51-64-52-43)66(55,56)53-30-14-6-11-26-10-4-5-13-29(26)30/h4-25,48,53-54H,1-3H3. The lowest BCUT2D eigenvalue weighted by Crippen LogP contribution is -2.16. The number of nitrogens with zero attached hydrogens (tertiary/aromatic N) is 5. The first-order valence-electron chi connectivity index (χ1n) is 20.0. The lowest BCUT2D eigenvalue weighted by atomic mass is 10.1. The molecule has 3 N–H and O–H groups in total. The molecular weight excluding hydrogens is 921 g/mol. The van der Waals surface area contributed by atoms with Crippen LogP contribution in [0.15, 0.2) is 162 Å². The first kappa shape index (κ1) is 42.8. The highest BCUT2D eigenvalue weighted by Gasteiger charge is 2.29. The first-order valence-corrected chi connectivity index (χ1v) is 23.8. The summed E-state index contributed by atoms with van der Waals surface area (Å²) in [4.78, 5) is 5.39. The van der Waals surface area contributed by atoms with Crippen LogP contribution in [0, 0.1) is 0 Å². The Balaban J connectivity index is 0.999. The molecule has 0 radical (unpaired) electrons. The molecule has 0 atom stereocenters. The maximum Gasteiger partial charge on any atom is 0.266 e. The molecule has 67 heavy (non-hydrogen) atoms. The molecule has 18 nitrogen and oxygen atoms in total. The molecule has 0 bridgehead atoms. The van der Waals surface area contributed by atoms with E-state index in [1.54, 1.807) is 79.0 Å². The second kappa shape index (κ2) is 17.3. The summed E-state index contributed by atoms with van der Waals surface area (Å²) in [5.41, 5.74) is 1.93. The second-order valence-corrected chi connectivity index (χ2v) is 18.9. The van der Waals surface area contributed by atoms with Crippen molar-refractivity contribution in [1.82, 2.24) is 25.6 Å². The van der Waals surface area contributed by atoms with Crippen LogP contribution in [0.5, 0.6) is 28.7 Å². The summed E-state index contributed by atoms with van der Waals surface area (Å²) in [5.74, 6) is 1.33. The van der Waals surface area contributed by atoms with Gasteiger partial charge < -0.3 is 24.3 Å². The summed E-state index contributed by atoms with van der Waals surface area (Å²) < 4.78 is 95.4. The summed E-state index contributed by atoms with van der Waals surface area (Å²) >= 11 is 1.25. The van der Waals surface area contributed by atoms with E-state index in [1.807, 2.05) is 36.4 Å². The van der Waals surface area contributed by atoms with Crippen LogP contribution < -0.4 is 33.7 Å². The van der Waals surface area contributed by atoms with E-state index in [0.717, 1.165) is 10.8 Å². The molecule has 0 fully saturated rings. The van der Waals surface area contributed by atoms with Gasteiger partial charge in [-0.3, -0.25) is 14.4 Å². The summed E-state index contributed by atoms with van der Waals surface area (Å²) in [6.45, 7) is 0. The van der Waals surface area contributed by atoms with Gasteiger partial charge in [-0.25, -0.2) is 26.1 Å². The van der Waals surface area contributed by atoms with Crippen molar-refractivity contribution in [2.45, 2.75) is 19.6 Å². The molecule has 0 saturated heterocycles. The summed E-state index contributed by atoms with van der Waals surface area (Å²) in [6.07, 6.45) is 1.66. The van der Waals surface area contributed by atoms with E-state index in [-0.39, 0.29) is 54.7 Å². The van der Waals surface area contributed by atoms with Crippen molar-refractivity contribution in [3.8, 4) is 28.7 Å². The van der Waals surface area contributed by atoms with Crippen LogP contribution in [-0.4, -0.2) is 63.8 Å². The fraction of sp³-hybridized carbons (Fsp3) is 0.0652. The van der Waals surface area contributed by atoms with Crippen molar-refractivity contribution < 1.29 is 45.0 Å². The first-order chi connectivity index (χ1) is 32.5. The van der Waals surface area contributed by atoms with Gasteiger partial charge in [-0.15, -0.1) is 0 Å². The van der Waals surface area contributed by atoms with Gasteiger partial charge in [-0.1, -0.05) is 66.4 Å². The predicted octanol–water partition coefficient (Wildman–Crippen LogP) is 9.77. The monoisotopic (exact) mass is 954 g/mol. The van der Waals surface area contributed by atoms with Crippen LogP contribution in [-0.2, 0) is 20.0 Å².